The third-order valence-electron chi connectivity index (χ3n) is 1.89. The molecular weight excluding hydrogens is 219 g/mol. The summed E-state index contributed by atoms with van der Waals surface area (Å²) in [6, 6.07) is 5.52. The maximum absolute atomic E-state index is 5.99. The lowest BCUT2D eigenvalue weighted by molar-refractivity contribution is 0.655. The molecule has 2 nitrogen and oxygen atoms in total. The Kier molecular flexibility index (Phi) is 5.26. The minimum atomic E-state index is 0.667. The summed E-state index contributed by atoms with van der Waals surface area (Å²) in [4.78, 5) is 0. The van der Waals surface area contributed by atoms with Gasteiger partial charge in [0, 0.05) is 16.6 Å². The molecule has 0 saturated carbocycles. The Bertz CT molecular complexity index is 289. The van der Waals surface area contributed by atoms with Gasteiger partial charge < -0.3 is 11.1 Å². The molecular formula is C10H14Cl2N2. The zero-order valence-electron chi connectivity index (χ0n) is 7.89. The average molecular weight is 233 g/mol. The molecule has 0 unspecified atom stereocenters. The number of rotatable bonds is 5. The zero-order valence-corrected chi connectivity index (χ0v) is 9.41. The van der Waals surface area contributed by atoms with Crippen molar-refractivity contribution < 1.29 is 0 Å². The lowest BCUT2D eigenvalue weighted by Gasteiger charge is -2.06. The van der Waals surface area contributed by atoms with Crippen LogP contribution in [0.25, 0.3) is 0 Å². The highest BCUT2D eigenvalue weighted by Crippen LogP contribution is 2.20. The van der Waals surface area contributed by atoms with E-state index in [0.29, 0.717) is 16.6 Å². The Morgan fingerprint density at radius 3 is 2.71 bits per heavy atom. The molecule has 14 heavy (non-hydrogen) atoms. The molecule has 1 rings (SSSR count). The number of hydrogen-bond donors (Lipinski definition) is 2. The van der Waals surface area contributed by atoms with Crippen molar-refractivity contribution in [2.24, 2.45) is 5.73 Å². The highest BCUT2D eigenvalue weighted by atomic mass is 35.5. The molecule has 78 valence electrons. The van der Waals surface area contributed by atoms with Crippen molar-refractivity contribution in [2.75, 3.05) is 13.1 Å². The molecule has 0 saturated heterocycles. The highest BCUT2D eigenvalue weighted by molar-refractivity contribution is 6.35. The predicted octanol–water partition coefficient (Wildman–Crippen LogP) is 2.43. The molecule has 0 heterocycles. The quantitative estimate of drug-likeness (QED) is 0.766. The van der Waals surface area contributed by atoms with E-state index >= 15 is 0 Å². The van der Waals surface area contributed by atoms with Gasteiger partial charge in [-0.05, 0) is 37.2 Å². The zero-order chi connectivity index (χ0) is 10.4. The largest absolute Gasteiger partial charge is 0.330 e. The molecule has 0 bridgehead atoms. The van der Waals surface area contributed by atoms with Gasteiger partial charge in [0.2, 0.25) is 0 Å². The van der Waals surface area contributed by atoms with Gasteiger partial charge >= 0.3 is 0 Å². The van der Waals surface area contributed by atoms with Crippen molar-refractivity contribution in [2.45, 2.75) is 13.0 Å². The van der Waals surface area contributed by atoms with Gasteiger partial charge in [-0.2, -0.15) is 0 Å². The van der Waals surface area contributed by atoms with Gasteiger partial charge in [0.15, 0.2) is 0 Å². The van der Waals surface area contributed by atoms with Gasteiger partial charge in [0.1, 0.15) is 0 Å². The van der Waals surface area contributed by atoms with Crippen LogP contribution in [-0.2, 0) is 6.54 Å². The second kappa shape index (κ2) is 6.25. The summed E-state index contributed by atoms with van der Waals surface area (Å²) in [5.41, 5.74) is 6.44. The Hall–Kier alpha value is -0.280. The van der Waals surface area contributed by atoms with E-state index in [1.165, 1.54) is 0 Å². The summed E-state index contributed by atoms with van der Waals surface area (Å²) >= 11 is 11.8. The van der Waals surface area contributed by atoms with Crippen molar-refractivity contribution >= 4 is 23.2 Å². The fourth-order valence-electron chi connectivity index (χ4n) is 1.12. The van der Waals surface area contributed by atoms with Crippen LogP contribution in [0.2, 0.25) is 10.0 Å². The first-order valence-corrected chi connectivity index (χ1v) is 5.34. The van der Waals surface area contributed by atoms with Crippen LogP contribution in [0.4, 0.5) is 0 Å². The average Bonchev–Trinajstić information content (AvgIpc) is 2.15. The standard InChI is InChI=1S/C10H14Cl2N2/c11-9-3-2-8(10(12)6-9)7-14-5-1-4-13/h2-3,6,14H,1,4-5,7,13H2. The van der Waals surface area contributed by atoms with E-state index in [9.17, 15) is 0 Å². The lowest BCUT2D eigenvalue weighted by Crippen LogP contribution is -2.17. The third-order valence-corrected chi connectivity index (χ3v) is 2.48. The predicted molar refractivity (Wildman–Crippen MR) is 61.8 cm³/mol. The van der Waals surface area contributed by atoms with Gasteiger partial charge in [0.05, 0.1) is 0 Å². The number of nitrogens with two attached hydrogens (primary N) is 1. The van der Waals surface area contributed by atoms with Crippen LogP contribution in [0.15, 0.2) is 18.2 Å². The minimum Gasteiger partial charge on any atom is -0.330 e. The Labute approximate surface area is 94.4 Å². The maximum Gasteiger partial charge on any atom is 0.0465 e. The molecule has 0 fully saturated rings. The molecule has 4 heteroatoms. The molecule has 0 aliphatic carbocycles. The van der Waals surface area contributed by atoms with Crippen molar-refractivity contribution in [3.8, 4) is 0 Å². The first-order valence-electron chi connectivity index (χ1n) is 4.58. The Morgan fingerprint density at radius 1 is 1.29 bits per heavy atom. The molecule has 0 aliphatic rings. The van der Waals surface area contributed by atoms with E-state index < -0.39 is 0 Å². The van der Waals surface area contributed by atoms with Crippen LogP contribution >= 0.6 is 23.2 Å². The summed E-state index contributed by atoms with van der Waals surface area (Å²) in [5, 5.41) is 4.63. The summed E-state index contributed by atoms with van der Waals surface area (Å²) in [6.07, 6.45) is 0.977. The van der Waals surface area contributed by atoms with Gasteiger partial charge in [-0.1, -0.05) is 29.3 Å². The van der Waals surface area contributed by atoms with E-state index in [0.717, 1.165) is 25.1 Å². The first kappa shape index (κ1) is 11.8. The molecule has 3 N–H and O–H groups in total. The van der Waals surface area contributed by atoms with Gasteiger partial charge in [-0.3, -0.25) is 0 Å². The van der Waals surface area contributed by atoms with Crippen LogP contribution in [0.5, 0.6) is 0 Å². The molecule has 0 aliphatic heterocycles. The second-order valence-corrected chi connectivity index (χ2v) is 3.90. The van der Waals surface area contributed by atoms with Crippen LogP contribution in [0, 0.1) is 0 Å². The highest BCUT2D eigenvalue weighted by Gasteiger charge is 1.99. The number of hydrogen-bond acceptors (Lipinski definition) is 2. The van der Waals surface area contributed by atoms with Crippen molar-refractivity contribution in [1.29, 1.82) is 0 Å². The van der Waals surface area contributed by atoms with Gasteiger partial charge in [-0.15, -0.1) is 0 Å². The molecule has 0 amide bonds. The minimum absolute atomic E-state index is 0.667. The van der Waals surface area contributed by atoms with E-state index in [4.69, 9.17) is 28.9 Å². The third kappa shape index (κ3) is 3.84. The van der Waals surface area contributed by atoms with Gasteiger partial charge in [-0.25, -0.2) is 0 Å². The molecule has 0 radical (unpaired) electrons. The van der Waals surface area contributed by atoms with Crippen LogP contribution in [0.3, 0.4) is 0 Å². The first-order chi connectivity index (χ1) is 6.74. The van der Waals surface area contributed by atoms with Crippen molar-refractivity contribution in [1.82, 2.24) is 5.32 Å². The summed E-state index contributed by atoms with van der Waals surface area (Å²) < 4.78 is 0. The fourth-order valence-corrected chi connectivity index (χ4v) is 1.59. The number of halogens is 2. The molecule has 0 atom stereocenters. The number of benzene rings is 1. The van der Waals surface area contributed by atoms with E-state index in [-0.39, 0.29) is 0 Å². The summed E-state index contributed by atoms with van der Waals surface area (Å²) in [5.74, 6) is 0. The molecule has 1 aromatic rings. The SMILES string of the molecule is NCCCNCc1ccc(Cl)cc1Cl. The van der Waals surface area contributed by atoms with E-state index in [2.05, 4.69) is 5.32 Å². The monoisotopic (exact) mass is 232 g/mol. The second-order valence-electron chi connectivity index (χ2n) is 3.05. The number of nitrogens with one attached hydrogen (secondary N) is 1. The topological polar surface area (TPSA) is 38.0 Å². The smallest absolute Gasteiger partial charge is 0.0465 e. The van der Waals surface area contributed by atoms with Crippen LogP contribution in [0.1, 0.15) is 12.0 Å². The van der Waals surface area contributed by atoms with Crippen molar-refractivity contribution in [3.05, 3.63) is 33.8 Å². The summed E-state index contributed by atoms with van der Waals surface area (Å²) in [7, 11) is 0. The van der Waals surface area contributed by atoms with Crippen LogP contribution in [-0.4, -0.2) is 13.1 Å². The van der Waals surface area contributed by atoms with E-state index in [1.54, 1.807) is 6.07 Å². The normalized spacial score (nSPS) is 10.5. The van der Waals surface area contributed by atoms with Crippen molar-refractivity contribution in [3.63, 3.8) is 0 Å². The fraction of sp³-hybridized carbons (Fsp3) is 0.400. The maximum atomic E-state index is 5.99. The lowest BCUT2D eigenvalue weighted by atomic mass is 10.2. The molecule has 1 aromatic carbocycles. The Morgan fingerprint density at radius 2 is 2.07 bits per heavy atom. The molecule has 0 spiro atoms. The summed E-state index contributed by atoms with van der Waals surface area (Å²) in [6.45, 7) is 2.38. The Balaban J connectivity index is 2.42. The van der Waals surface area contributed by atoms with Crippen LogP contribution < -0.4 is 11.1 Å². The van der Waals surface area contributed by atoms with Gasteiger partial charge in [0.25, 0.3) is 0 Å². The van der Waals surface area contributed by atoms with E-state index in [1.807, 2.05) is 12.1 Å². The molecule has 0 aromatic heterocycles.